The molecule has 0 bridgehead atoms. The number of amides is 2. The fourth-order valence-corrected chi connectivity index (χ4v) is 3.97. The van der Waals surface area contributed by atoms with Crippen molar-refractivity contribution in [2.45, 2.75) is 38.0 Å². The second-order valence-electron chi connectivity index (χ2n) is 7.10. The highest BCUT2D eigenvalue weighted by Gasteiger charge is 2.19. The minimum atomic E-state index is -0.319. The third kappa shape index (κ3) is 6.34. The number of methoxy groups -OCH3 is 1. The van der Waals surface area contributed by atoms with E-state index in [1.54, 1.807) is 7.11 Å². The Bertz CT molecular complexity index is 1040. The largest absolute Gasteiger partial charge is 0.497 e. The molecule has 8 nitrogen and oxygen atoms in total. The van der Waals surface area contributed by atoms with Gasteiger partial charge in [-0.05, 0) is 43.7 Å². The van der Waals surface area contributed by atoms with Gasteiger partial charge in [0.25, 0.3) is 0 Å². The molecule has 1 aromatic heterocycles. The van der Waals surface area contributed by atoms with Crippen molar-refractivity contribution in [1.29, 1.82) is 0 Å². The summed E-state index contributed by atoms with van der Waals surface area (Å²) in [5.41, 5.74) is 1.65. The first kappa shape index (κ1) is 23.3. The van der Waals surface area contributed by atoms with Crippen LogP contribution in [0.1, 0.15) is 31.3 Å². The van der Waals surface area contributed by atoms with Crippen molar-refractivity contribution in [1.82, 2.24) is 20.1 Å². The highest BCUT2D eigenvalue weighted by atomic mass is 32.2. The summed E-state index contributed by atoms with van der Waals surface area (Å²) in [4.78, 5) is 24.7. The Morgan fingerprint density at radius 1 is 1.06 bits per heavy atom. The standard InChI is InChI=1S/C23H27N5O3S/c1-4-28-22(16(2)24-20(29)14-17-10-12-19(31-3)13-11-17)26-27-23(28)32-15-21(30)25-18-8-6-5-7-9-18/h5-13,16H,4,14-15H2,1-3H3,(H,24,29)(H,25,30)/t16-/m0/s1. The normalized spacial score (nSPS) is 11.6. The number of hydrogen-bond acceptors (Lipinski definition) is 6. The average Bonchev–Trinajstić information content (AvgIpc) is 3.22. The van der Waals surface area contributed by atoms with E-state index in [4.69, 9.17) is 4.74 Å². The summed E-state index contributed by atoms with van der Waals surface area (Å²) in [5.74, 6) is 1.40. The molecule has 3 aromatic rings. The van der Waals surface area contributed by atoms with Gasteiger partial charge in [-0.3, -0.25) is 9.59 Å². The molecule has 0 aliphatic heterocycles. The summed E-state index contributed by atoms with van der Waals surface area (Å²) in [6.45, 7) is 4.48. The van der Waals surface area contributed by atoms with Crippen molar-refractivity contribution in [2.24, 2.45) is 0 Å². The fraction of sp³-hybridized carbons (Fsp3) is 0.304. The van der Waals surface area contributed by atoms with Crippen molar-refractivity contribution < 1.29 is 14.3 Å². The topological polar surface area (TPSA) is 98.1 Å². The van der Waals surface area contributed by atoms with Crippen LogP contribution < -0.4 is 15.4 Å². The lowest BCUT2D eigenvalue weighted by molar-refractivity contribution is -0.121. The average molecular weight is 454 g/mol. The van der Waals surface area contributed by atoms with E-state index in [0.717, 1.165) is 17.0 Å². The van der Waals surface area contributed by atoms with Gasteiger partial charge in [0.05, 0.1) is 25.3 Å². The minimum Gasteiger partial charge on any atom is -0.497 e. The lowest BCUT2D eigenvalue weighted by Crippen LogP contribution is -2.30. The van der Waals surface area contributed by atoms with Gasteiger partial charge in [0.2, 0.25) is 11.8 Å². The molecule has 1 atom stereocenters. The lowest BCUT2D eigenvalue weighted by atomic mass is 10.1. The SMILES string of the molecule is CCn1c(SCC(=O)Nc2ccccc2)nnc1[C@H](C)NC(=O)Cc1ccc(OC)cc1. The maximum Gasteiger partial charge on any atom is 0.234 e. The van der Waals surface area contributed by atoms with Crippen LogP contribution in [0.15, 0.2) is 59.8 Å². The molecule has 9 heteroatoms. The fourth-order valence-electron chi connectivity index (χ4n) is 3.16. The number of anilines is 1. The van der Waals surface area contributed by atoms with Crippen LogP contribution in [-0.4, -0.2) is 39.4 Å². The van der Waals surface area contributed by atoms with Crippen LogP contribution in [0.3, 0.4) is 0 Å². The number of nitrogens with one attached hydrogen (secondary N) is 2. The molecule has 3 rings (SSSR count). The summed E-state index contributed by atoms with van der Waals surface area (Å²) in [6.07, 6.45) is 0.260. The van der Waals surface area contributed by atoms with Crippen LogP contribution in [0, 0.1) is 0 Å². The number of benzene rings is 2. The number of hydrogen-bond donors (Lipinski definition) is 2. The molecule has 0 saturated carbocycles. The number of carbonyl (C=O) groups excluding carboxylic acids is 2. The molecule has 0 saturated heterocycles. The molecule has 2 amide bonds. The third-order valence-electron chi connectivity index (χ3n) is 4.74. The Labute approximate surface area is 191 Å². The van der Waals surface area contributed by atoms with E-state index in [1.165, 1.54) is 11.8 Å². The van der Waals surface area contributed by atoms with Gasteiger partial charge in [0, 0.05) is 12.2 Å². The predicted octanol–water partition coefficient (Wildman–Crippen LogP) is 3.46. The molecule has 0 aliphatic rings. The number of thioether (sulfide) groups is 1. The van der Waals surface area contributed by atoms with Gasteiger partial charge >= 0.3 is 0 Å². The molecule has 0 radical (unpaired) electrons. The van der Waals surface area contributed by atoms with Crippen LogP contribution in [-0.2, 0) is 22.6 Å². The van der Waals surface area contributed by atoms with Gasteiger partial charge in [-0.1, -0.05) is 42.1 Å². The molecule has 32 heavy (non-hydrogen) atoms. The van der Waals surface area contributed by atoms with E-state index in [0.29, 0.717) is 17.5 Å². The maximum atomic E-state index is 12.5. The van der Waals surface area contributed by atoms with Gasteiger partial charge in [-0.25, -0.2) is 0 Å². The smallest absolute Gasteiger partial charge is 0.234 e. The molecule has 0 aliphatic carbocycles. The molecule has 1 heterocycles. The van der Waals surface area contributed by atoms with Gasteiger partial charge in [0.15, 0.2) is 11.0 Å². The zero-order chi connectivity index (χ0) is 22.9. The van der Waals surface area contributed by atoms with E-state index in [2.05, 4.69) is 20.8 Å². The van der Waals surface area contributed by atoms with Gasteiger partial charge in [0.1, 0.15) is 5.75 Å². The minimum absolute atomic E-state index is 0.107. The molecule has 2 aromatic carbocycles. The predicted molar refractivity (Wildman–Crippen MR) is 125 cm³/mol. The van der Waals surface area contributed by atoms with Crippen molar-refractivity contribution in [3.8, 4) is 5.75 Å². The lowest BCUT2D eigenvalue weighted by Gasteiger charge is -2.15. The summed E-state index contributed by atoms with van der Waals surface area (Å²) < 4.78 is 7.06. The van der Waals surface area contributed by atoms with Crippen molar-refractivity contribution in [2.75, 3.05) is 18.2 Å². The van der Waals surface area contributed by atoms with Gasteiger partial charge in [-0.15, -0.1) is 10.2 Å². The van der Waals surface area contributed by atoms with E-state index in [-0.39, 0.29) is 30.0 Å². The molecule has 2 N–H and O–H groups in total. The molecular weight excluding hydrogens is 426 g/mol. The Kier molecular flexibility index (Phi) is 8.27. The van der Waals surface area contributed by atoms with E-state index < -0.39 is 0 Å². The highest BCUT2D eigenvalue weighted by Crippen LogP contribution is 2.21. The van der Waals surface area contributed by atoms with Crippen molar-refractivity contribution in [3.63, 3.8) is 0 Å². The van der Waals surface area contributed by atoms with E-state index in [1.807, 2.05) is 73.0 Å². The number of rotatable bonds is 10. The van der Waals surface area contributed by atoms with E-state index in [9.17, 15) is 9.59 Å². The summed E-state index contributed by atoms with van der Waals surface area (Å²) in [7, 11) is 1.61. The van der Waals surface area contributed by atoms with Gasteiger partial charge < -0.3 is 19.9 Å². The summed E-state index contributed by atoms with van der Waals surface area (Å²) >= 11 is 1.31. The Morgan fingerprint density at radius 2 is 1.78 bits per heavy atom. The zero-order valence-electron chi connectivity index (χ0n) is 18.4. The van der Waals surface area contributed by atoms with Gasteiger partial charge in [-0.2, -0.15) is 0 Å². The number of ether oxygens (including phenoxy) is 1. The monoisotopic (exact) mass is 453 g/mol. The Hall–Kier alpha value is -3.33. The highest BCUT2D eigenvalue weighted by molar-refractivity contribution is 7.99. The van der Waals surface area contributed by atoms with Crippen LogP contribution >= 0.6 is 11.8 Å². The second-order valence-corrected chi connectivity index (χ2v) is 8.04. The molecule has 0 fully saturated rings. The molecule has 0 unspecified atom stereocenters. The Morgan fingerprint density at radius 3 is 2.44 bits per heavy atom. The first-order chi connectivity index (χ1) is 15.5. The number of nitrogens with zero attached hydrogens (tertiary/aromatic N) is 3. The second kappa shape index (κ2) is 11.3. The first-order valence-corrected chi connectivity index (χ1v) is 11.3. The van der Waals surface area contributed by atoms with Crippen LogP contribution in [0.4, 0.5) is 5.69 Å². The molecular formula is C23H27N5O3S. The third-order valence-corrected chi connectivity index (χ3v) is 5.71. The molecule has 0 spiro atoms. The van der Waals surface area contributed by atoms with Crippen LogP contribution in [0.2, 0.25) is 0 Å². The van der Waals surface area contributed by atoms with Crippen LogP contribution in [0.25, 0.3) is 0 Å². The number of aromatic nitrogens is 3. The maximum absolute atomic E-state index is 12.5. The summed E-state index contributed by atoms with van der Waals surface area (Å²) in [6, 6.07) is 16.4. The number of carbonyl (C=O) groups is 2. The number of para-hydroxylation sites is 1. The van der Waals surface area contributed by atoms with Crippen molar-refractivity contribution >= 4 is 29.3 Å². The molecule has 168 valence electrons. The van der Waals surface area contributed by atoms with Crippen LogP contribution in [0.5, 0.6) is 5.75 Å². The first-order valence-electron chi connectivity index (χ1n) is 10.3. The van der Waals surface area contributed by atoms with Crippen molar-refractivity contribution in [3.05, 3.63) is 66.0 Å². The van der Waals surface area contributed by atoms with E-state index >= 15 is 0 Å². The zero-order valence-corrected chi connectivity index (χ0v) is 19.2. The summed E-state index contributed by atoms with van der Waals surface area (Å²) in [5, 5.41) is 15.0. The quantitative estimate of drug-likeness (QED) is 0.456. The Balaban J connectivity index is 1.56.